The van der Waals surface area contributed by atoms with Crippen molar-refractivity contribution in [2.24, 2.45) is 4.99 Å². The highest BCUT2D eigenvalue weighted by Crippen LogP contribution is 2.19. The molecule has 1 amide bonds. The van der Waals surface area contributed by atoms with E-state index in [1.165, 1.54) is 16.7 Å². The van der Waals surface area contributed by atoms with Gasteiger partial charge < -0.3 is 15.1 Å². The van der Waals surface area contributed by atoms with Gasteiger partial charge in [-0.3, -0.25) is 9.79 Å². The van der Waals surface area contributed by atoms with Crippen LogP contribution in [0.25, 0.3) is 0 Å². The standard InChI is InChI=1S/C24H32N4O/c1-3-25-24(27(2)18-20-10-5-4-6-11-20)26-16-9-14-23(29)28-17-15-21-12-7-8-13-22(21)19-28/h4-8,10-13H,3,9,14-19H2,1-2H3,(H,25,26). The van der Waals surface area contributed by atoms with Crippen LogP contribution in [0.2, 0.25) is 0 Å². The number of nitrogens with one attached hydrogen (secondary N) is 1. The summed E-state index contributed by atoms with van der Waals surface area (Å²) < 4.78 is 0. The summed E-state index contributed by atoms with van der Waals surface area (Å²) in [6, 6.07) is 18.8. The third-order valence-electron chi connectivity index (χ3n) is 5.25. The van der Waals surface area contributed by atoms with Crippen molar-refractivity contribution in [2.75, 3.05) is 26.7 Å². The topological polar surface area (TPSA) is 47.9 Å². The summed E-state index contributed by atoms with van der Waals surface area (Å²) >= 11 is 0. The summed E-state index contributed by atoms with van der Waals surface area (Å²) in [5.74, 6) is 1.12. The second-order valence-electron chi connectivity index (χ2n) is 7.51. The Morgan fingerprint density at radius 3 is 2.59 bits per heavy atom. The largest absolute Gasteiger partial charge is 0.357 e. The van der Waals surface area contributed by atoms with E-state index >= 15 is 0 Å². The van der Waals surface area contributed by atoms with Crippen LogP contribution in [0, 0.1) is 0 Å². The third-order valence-corrected chi connectivity index (χ3v) is 5.25. The first-order chi connectivity index (χ1) is 14.2. The predicted molar refractivity (Wildman–Crippen MR) is 119 cm³/mol. The molecule has 2 aromatic rings. The monoisotopic (exact) mass is 392 g/mol. The molecule has 0 radical (unpaired) electrons. The van der Waals surface area contributed by atoms with Gasteiger partial charge in [-0.2, -0.15) is 0 Å². The third kappa shape index (κ3) is 6.08. The van der Waals surface area contributed by atoms with Crippen molar-refractivity contribution in [1.82, 2.24) is 15.1 Å². The minimum atomic E-state index is 0.234. The number of hydrogen-bond donors (Lipinski definition) is 1. The molecule has 1 aliphatic rings. The molecule has 0 aromatic heterocycles. The van der Waals surface area contributed by atoms with Gasteiger partial charge in [0.1, 0.15) is 0 Å². The molecule has 1 aliphatic heterocycles. The predicted octanol–water partition coefficient (Wildman–Crippen LogP) is 3.45. The lowest BCUT2D eigenvalue weighted by Gasteiger charge is -2.29. The van der Waals surface area contributed by atoms with E-state index in [1.54, 1.807) is 0 Å². The van der Waals surface area contributed by atoms with E-state index in [2.05, 4.69) is 65.7 Å². The number of carbonyl (C=O) groups is 1. The summed E-state index contributed by atoms with van der Waals surface area (Å²) in [6.07, 6.45) is 2.27. The van der Waals surface area contributed by atoms with Gasteiger partial charge in [-0.25, -0.2) is 0 Å². The second kappa shape index (κ2) is 10.6. The number of benzene rings is 2. The highest BCUT2D eigenvalue weighted by Gasteiger charge is 2.19. The number of fused-ring (bicyclic) bond motifs is 1. The molecule has 0 fully saturated rings. The molecule has 2 aromatic carbocycles. The van der Waals surface area contributed by atoms with Crippen LogP contribution in [0.1, 0.15) is 36.5 Å². The number of guanidine groups is 1. The van der Waals surface area contributed by atoms with E-state index in [0.29, 0.717) is 13.0 Å². The average Bonchev–Trinajstić information content (AvgIpc) is 2.76. The van der Waals surface area contributed by atoms with E-state index in [9.17, 15) is 4.79 Å². The fraction of sp³-hybridized carbons (Fsp3) is 0.417. The van der Waals surface area contributed by atoms with Crippen LogP contribution < -0.4 is 5.32 Å². The normalized spacial score (nSPS) is 13.7. The fourth-order valence-corrected chi connectivity index (χ4v) is 3.68. The Labute approximate surface area is 174 Å². The molecule has 0 atom stereocenters. The maximum Gasteiger partial charge on any atom is 0.222 e. The van der Waals surface area contributed by atoms with E-state index in [1.807, 2.05) is 18.0 Å². The van der Waals surface area contributed by atoms with Crippen LogP contribution >= 0.6 is 0 Å². The maximum atomic E-state index is 12.6. The fourth-order valence-electron chi connectivity index (χ4n) is 3.68. The van der Waals surface area contributed by atoms with Crippen LogP contribution in [0.3, 0.4) is 0 Å². The Balaban J connectivity index is 1.47. The summed E-state index contributed by atoms with van der Waals surface area (Å²) in [4.78, 5) is 21.4. The quantitative estimate of drug-likeness (QED) is 0.446. The van der Waals surface area contributed by atoms with Gasteiger partial charge in [0.15, 0.2) is 5.96 Å². The van der Waals surface area contributed by atoms with Crippen molar-refractivity contribution in [2.45, 2.75) is 39.3 Å². The van der Waals surface area contributed by atoms with Crippen molar-refractivity contribution in [1.29, 1.82) is 0 Å². The molecule has 1 heterocycles. The molecular formula is C24H32N4O. The van der Waals surface area contributed by atoms with E-state index in [4.69, 9.17) is 4.99 Å². The minimum absolute atomic E-state index is 0.234. The van der Waals surface area contributed by atoms with Crippen LogP contribution in [0.4, 0.5) is 0 Å². The van der Waals surface area contributed by atoms with Crippen molar-refractivity contribution >= 4 is 11.9 Å². The Bertz CT molecular complexity index is 819. The Hall–Kier alpha value is -2.82. The van der Waals surface area contributed by atoms with Crippen molar-refractivity contribution in [3.63, 3.8) is 0 Å². The Kier molecular flexibility index (Phi) is 7.68. The zero-order valence-electron chi connectivity index (χ0n) is 17.6. The zero-order chi connectivity index (χ0) is 20.5. The van der Waals surface area contributed by atoms with Gasteiger partial charge in [-0.05, 0) is 36.5 Å². The molecule has 5 heteroatoms. The van der Waals surface area contributed by atoms with Crippen molar-refractivity contribution in [3.8, 4) is 0 Å². The van der Waals surface area contributed by atoms with Gasteiger partial charge in [0.05, 0.1) is 0 Å². The molecule has 0 aliphatic carbocycles. The first-order valence-corrected chi connectivity index (χ1v) is 10.5. The molecule has 0 saturated carbocycles. The maximum absolute atomic E-state index is 12.6. The molecule has 154 valence electrons. The van der Waals surface area contributed by atoms with E-state index in [0.717, 1.165) is 45.0 Å². The molecule has 5 nitrogen and oxygen atoms in total. The van der Waals surface area contributed by atoms with E-state index in [-0.39, 0.29) is 5.91 Å². The molecular weight excluding hydrogens is 360 g/mol. The number of carbonyl (C=O) groups excluding carboxylic acids is 1. The van der Waals surface area contributed by atoms with Gasteiger partial charge in [0.25, 0.3) is 0 Å². The first-order valence-electron chi connectivity index (χ1n) is 10.5. The van der Waals surface area contributed by atoms with Gasteiger partial charge in [-0.15, -0.1) is 0 Å². The zero-order valence-corrected chi connectivity index (χ0v) is 17.6. The molecule has 29 heavy (non-hydrogen) atoms. The summed E-state index contributed by atoms with van der Waals surface area (Å²) in [7, 11) is 2.05. The average molecular weight is 393 g/mol. The molecule has 0 unspecified atom stereocenters. The summed E-state index contributed by atoms with van der Waals surface area (Å²) in [5, 5.41) is 3.35. The SMILES string of the molecule is CCNC(=NCCCC(=O)N1CCc2ccccc2C1)N(C)Cc1ccccc1. The molecule has 0 bridgehead atoms. The molecule has 1 N–H and O–H groups in total. The van der Waals surface area contributed by atoms with Crippen LogP contribution in [-0.4, -0.2) is 48.3 Å². The van der Waals surface area contributed by atoms with E-state index < -0.39 is 0 Å². The summed E-state index contributed by atoms with van der Waals surface area (Å²) in [5.41, 5.74) is 3.90. The Morgan fingerprint density at radius 1 is 1.10 bits per heavy atom. The smallest absolute Gasteiger partial charge is 0.222 e. The highest BCUT2D eigenvalue weighted by atomic mass is 16.2. The first kappa shape index (κ1) is 20.9. The van der Waals surface area contributed by atoms with Gasteiger partial charge >= 0.3 is 0 Å². The number of aliphatic imine (C=N–C) groups is 1. The summed E-state index contributed by atoms with van der Waals surface area (Å²) in [6.45, 7) is 5.91. The highest BCUT2D eigenvalue weighted by molar-refractivity contribution is 5.80. The molecule has 0 saturated heterocycles. The van der Waals surface area contributed by atoms with Gasteiger partial charge in [0.2, 0.25) is 5.91 Å². The van der Waals surface area contributed by atoms with Crippen LogP contribution in [0.5, 0.6) is 0 Å². The molecule has 3 rings (SSSR count). The van der Waals surface area contributed by atoms with Crippen LogP contribution in [0.15, 0.2) is 59.6 Å². The Morgan fingerprint density at radius 2 is 1.83 bits per heavy atom. The molecule has 0 spiro atoms. The van der Waals surface area contributed by atoms with Crippen LogP contribution in [-0.2, 0) is 24.3 Å². The van der Waals surface area contributed by atoms with Crippen molar-refractivity contribution in [3.05, 3.63) is 71.3 Å². The van der Waals surface area contributed by atoms with Crippen molar-refractivity contribution < 1.29 is 4.79 Å². The minimum Gasteiger partial charge on any atom is -0.357 e. The lowest BCUT2D eigenvalue weighted by Crippen LogP contribution is -2.38. The lowest BCUT2D eigenvalue weighted by atomic mass is 9.99. The number of hydrogen-bond acceptors (Lipinski definition) is 2. The second-order valence-corrected chi connectivity index (χ2v) is 7.51. The number of rotatable bonds is 7. The number of nitrogens with zero attached hydrogens (tertiary/aromatic N) is 3. The lowest BCUT2D eigenvalue weighted by molar-refractivity contribution is -0.132. The number of amides is 1. The van der Waals surface area contributed by atoms with Gasteiger partial charge in [0, 0.05) is 46.2 Å². The van der Waals surface area contributed by atoms with Gasteiger partial charge in [-0.1, -0.05) is 54.6 Å².